The van der Waals surface area contributed by atoms with Crippen molar-refractivity contribution < 1.29 is 4.79 Å². The van der Waals surface area contributed by atoms with Crippen LogP contribution in [0.2, 0.25) is 5.02 Å². The minimum absolute atomic E-state index is 0.0683. The lowest BCUT2D eigenvalue weighted by Crippen LogP contribution is -2.14. The number of aromatic nitrogens is 3. The molecule has 7 heteroatoms. The van der Waals surface area contributed by atoms with E-state index in [0.717, 1.165) is 17.7 Å². The van der Waals surface area contributed by atoms with E-state index in [-0.39, 0.29) is 11.7 Å². The van der Waals surface area contributed by atoms with E-state index in [1.807, 2.05) is 47.9 Å². The Morgan fingerprint density at radius 2 is 1.86 bits per heavy atom. The molecular formula is C22H25ClN4OS. The van der Waals surface area contributed by atoms with E-state index in [0.29, 0.717) is 22.5 Å². The minimum Gasteiger partial charge on any atom is -0.325 e. The number of carbonyl (C=O) groups is 1. The Balaban J connectivity index is 1.61. The highest BCUT2D eigenvalue weighted by molar-refractivity contribution is 7.99. The van der Waals surface area contributed by atoms with Crippen LogP contribution in [0.4, 0.5) is 5.69 Å². The summed E-state index contributed by atoms with van der Waals surface area (Å²) < 4.78 is 1.97. The van der Waals surface area contributed by atoms with Gasteiger partial charge in [-0.3, -0.25) is 4.79 Å². The molecule has 0 unspecified atom stereocenters. The molecule has 0 atom stereocenters. The van der Waals surface area contributed by atoms with Gasteiger partial charge >= 0.3 is 0 Å². The van der Waals surface area contributed by atoms with E-state index in [1.54, 1.807) is 0 Å². The van der Waals surface area contributed by atoms with Crippen LogP contribution in [0.1, 0.15) is 32.3 Å². The molecule has 3 aromatic rings. The maximum Gasteiger partial charge on any atom is 0.234 e. The fourth-order valence-corrected chi connectivity index (χ4v) is 4.01. The van der Waals surface area contributed by atoms with Gasteiger partial charge in [-0.2, -0.15) is 0 Å². The maximum absolute atomic E-state index is 12.4. The Morgan fingerprint density at radius 1 is 1.10 bits per heavy atom. The third-order valence-corrected chi connectivity index (χ3v) is 5.83. The van der Waals surface area contributed by atoms with E-state index in [4.69, 9.17) is 11.6 Å². The summed E-state index contributed by atoms with van der Waals surface area (Å²) in [7, 11) is 0. The molecule has 152 valence electrons. The third kappa shape index (κ3) is 5.61. The molecule has 1 amide bonds. The average molecular weight is 429 g/mol. The second kappa shape index (κ2) is 10.5. The number of hydrogen-bond donors (Lipinski definition) is 1. The van der Waals surface area contributed by atoms with E-state index < -0.39 is 0 Å². The Morgan fingerprint density at radius 3 is 2.55 bits per heavy atom. The zero-order valence-electron chi connectivity index (χ0n) is 16.7. The number of hydrogen-bond acceptors (Lipinski definition) is 4. The van der Waals surface area contributed by atoms with Gasteiger partial charge in [0.1, 0.15) is 0 Å². The molecule has 1 N–H and O–H groups in total. The standard InChI is InChI=1S/C22H25ClN4OS/c1-3-5-8-16-11-13-17(14-12-16)24-20(28)15-29-22-26-25-21(27(22)4-2)18-9-6-7-10-19(18)23/h6-7,9-14H,3-5,8,15H2,1-2H3,(H,24,28). The molecule has 3 rings (SSSR count). The molecule has 0 fully saturated rings. The van der Waals surface area contributed by atoms with E-state index in [1.165, 1.54) is 30.2 Å². The van der Waals surface area contributed by atoms with Crippen molar-refractivity contribution in [2.45, 2.75) is 44.8 Å². The Kier molecular flexibility index (Phi) is 7.72. The average Bonchev–Trinajstić information content (AvgIpc) is 3.15. The van der Waals surface area contributed by atoms with Gasteiger partial charge in [0, 0.05) is 17.8 Å². The van der Waals surface area contributed by atoms with E-state index in [9.17, 15) is 4.79 Å². The Labute approximate surface area is 180 Å². The highest BCUT2D eigenvalue weighted by Gasteiger charge is 2.16. The largest absolute Gasteiger partial charge is 0.325 e. The number of halogens is 1. The maximum atomic E-state index is 12.4. The molecule has 0 saturated heterocycles. The quantitative estimate of drug-likeness (QED) is 0.444. The Hall–Kier alpha value is -2.31. The first-order valence-corrected chi connectivity index (χ1v) is 11.2. The number of rotatable bonds is 9. The molecule has 0 radical (unpaired) electrons. The molecule has 0 saturated carbocycles. The molecule has 5 nitrogen and oxygen atoms in total. The predicted molar refractivity (Wildman–Crippen MR) is 121 cm³/mol. The van der Waals surface area contributed by atoms with E-state index in [2.05, 4.69) is 34.6 Å². The van der Waals surface area contributed by atoms with Gasteiger partial charge < -0.3 is 9.88 Å². The monoisotopic (exact) mass is 428 g/mol. The lowest BCUT2D eigenvalue weighted by atomic mass is 10.1. The summed E-state index contributed by atoms with van der Waals surface area (Å²) in [5.74, 6) is 0.906. The van der Waals surface area contributed by atoms with Crippen molar-refractivity contribution in [3.8, 4) is 11.4 Å². The summed E-state index contributed by atoms with van der Waals surface area (Å²) >= 11 is 7.67. The fourth-order valence-electron chi connectivity index (χ4n) is 2.99. The van der Waals surface area contributed by atoms with Crippen LogP contribution in [0.25, 0.3) is 11.4 Å². The number of benzene rings is 2. The number of thioether (sulfide) groups is 1. The number of unbranched alkanes of at least 4 members (excludes halogenated alkanes) is 1. The highest BCUT2D eigenvalue weighted by Crippen LogP contribution is 2.29. The fraction of sp³-hybridized carbons (Fsp3) is 0.318. The van der Waals surface area contributed by atoms with Crippen LogP contribution >= 0.6 is 23.4 Å². The van der Waals surface area contributed by atoms with Crippen molar-refractivity contribution in [2.24, 2.45) is 0 Å². The molecule has 2 aromatic carbocycles. The molecule has 1 heterocycles. The molecular weight excluding hydrogens is 404 g/mol. The molecule has 0 aliphatic heterocycles. The SMILES string of the molecule is CCCCc1ccc(NC(=O)CSc2nnc(-c3ccccc3Cl)n2CC)cc1. The van der Waals surface area contributed by atoms with Gasteiger partial charge in [0.05, 0.1) is 10.8 Å². The van der Waals surface area contributed by atoms with Crippen molar-refractivity contribution in [3.63, 3.8) is 0 Å². The Bertz CT molecular complexity index is 956. The van der Waals surface area contributed by atoms with Gasteiger partial charge in [-0.25, -0.2) is 0 Å². The lowest BCUT2D eigenvalue weighted by Gasteiger charge is -2.09. The molecule has 0 aliphatic carbocycles. The van der Waals surface area contributed by atoms with Gasteiger partial charge in [0.15, 0.2) is 11.0 Å². The predicted octanol–water partition coefficient (Wildman–Crippen LogP) is 5.69. The number of nitrogens with one attached hydrogen (secondary N) is 1. The first kappa shape index (κ1) is 21.4. The summed E-state index contributed by atoms with van der Waals surface area (Å²) in [5.41, 5.74) is 2.94. The second-order valence-corrected chi connectivity index (χ2v) is 8.02. The van der Waals surface area contributed by atoms with Crippen molar-refractivity contribution in [1.82, 2.24) is 14.8 Å². The van der Waals surface area contributed by atoms with Gasteiger partial charge in [0.2, 0.25) is 5.91 Å². The van der Waals surface area contributed by atoms with Crippen LogP contribution in [-0.4, -0.2) is 26.4 Å². The number of carbonyl (C=O) groups excluding carboxylic acids is 1. The van der Waals surface area contributed by atoms with Crippen molar-refractivity contribution >= 4 is 35.0 Å². The molecule has 1 aromatic heterocycles. The summed E-state index contributed by atoms with van der Waals surface area (Å²) in [4.78, 5) is 12.4. The number of amides is 1. The summed E-state index contributed by atoms with van der Waals surface area (Å²) in [6, 6.07) is 15.6. The molecule has 0 aliphatic rings. The van der Waals surface area contributed by atoms with Gasteiger partial charge in [-0.05, 0) is 49.6 Å². The zero-order chi connectivity index (χ0) is 20.6. The first-order valence-electron chi connectivity index (χ1n) is 9.82. The van der Waals surface area contributed by atoms with Crippen molar-refractivity contribution in [3.05, 3.63) is 59.1 Å². The molecule has 29 heavy (non-hydrogen) atoms. The van der Waals surface area contributed by atoms with Crippen LogP contribution in [0.3, 0.4) is 0 Å². The van der Waals surface area contributed by atoms with Crippen LogP contribution < -0.4 is 5.32 Å². The van der Waals surface area contributed by atoms with Crippen LogP contribution in [0, 0.1) is 0 Å². The van der Waals surface area contributed by atoms with Crippen LogP contribution in [-0.2, 0) is 17.8 Å². The summed E-state index contributed by atoms with van der Waals surface area (Å²) in [5, 5.41) is 12.8. The molecule has 0 spiro atoms. The molecule has 0 bridgehead atoms. The van der Waals surface area contributed by atoms with Crippen molar-refractivity contribution in [2.75, 3.05) is 11.1 Å². The van der Waals surface area contributed by atoms with Crippen molar-refractivity contribution in [1.29, 1.82) is 0 Å². The summed E-state index contributed by atoms with van der Waals surface area (Å²) in [6.45, 7) is 4.90. The normalized spacial score (nSPS) is 10.9. The van der Waals surface area contributed by atoms with E-state index >= 15 is 0 Å². The third-order valence-electron chi connectivity index (χ3n) is 4.54. The smallest absolute Gasteiger partial charge is 0.234 e. The highest BCUT2D eigenvalue weighted by atomic mass is 35.5. The topological polar surface area (TPSA) is 59.8 Å². The van der Waals surface area contributed by atoms with Gasteiger partial charge in [0.25, 0.3) is 0 Å². The number of nitrogens with zero attached hydrogens (tertiary/aromatic N) is 3. The van der Waals surface area contributed by atoms with Gasteiger partial charge in [-0.15, -0.1) is 10.2 Å². The number of aryl methyl sites for hydroxylation is 1. The zero-order valence-corrected chi connectivity index (χ0v) is 18.3. The number of anilines is 1. The minimum atomic E-state index is -0.0683. The van der Waals surface area contributed by atoms with Crippen LogP contribution in [0.5, 0.6) is 0 Å². The van der Waals surface area contributed by atoms with Gasteiger partial charge in [-0.1, -0.05) is 61.0 Å². The summed E-state index contributed by atoms with van der Waals surface area (Å²) in [6.07, 6.45) is 3.42. The second-order valence-electron chi connectivity index (χ2n) is 6.67. The first-order chi connectivity index (χ1) is 14.1. The lowest BCUT2D eigenvalue weighted by molar-refractivity contribution is -0.113. The van der Waals surface area contributed by atoms with Crippen LogP contribution in [0.15, 0.2) is 53.7 Å².